The number of halogens is 1. The van der Waals surface area contributed by atoms with Crippen molar-refractivity contribution in [2.24, 2.45) is 11.1 Å². The molecule has 0 saturated heterocycles. The number of primary sulfonamides is 1. The molecule has 3 N–H and O–H groups in total. The summed E-state index contributed by atoms with van der Waals surface area (Å²) in [5.74, 6) is -0.147. The van der Waals surface area contributed by atoms with Gasteiger partial charge in [0.25, 0.3) is 0 Å². The molecule has 0 unspecified atom stereocenters. The first-order valence-corrected chi connectivity index (χ1v) is 10.3. The average molecular weight is 395 g/mol. The van der Waals surface area contributed by atoms with Gasteiger partial charge in [0, 0.05) is 11.6 Å². The number of carbonyl (C=O) groups is 1. The van der Waals surface area contributed by atoms with Crippen LogP contribution < -0.4 is 10.5 Å². The van der Waals surface area contributed by atoms with Crippen molar-refractivity contribution in [2.75, 3.05) is 6.54 Å². The van der Waals surface area contributed by atoms with Crippen LogP contribution in [-0.4, -0.2) is 20.9 Å². The number of nitrogens with one attached hydrogen (secondary N) is 1. The Morgan fingerprint density at radius 3 is 2.15 bits per heavy atom. The van der Waals surface area contributed by atoms with Crippen LogP contribution in [-0.2, 0) is 21.2 Å². The number of nitrogens with two attached hydrogens (primary N) is 1. The van der Waals surface area contributed by atoms with Crippen molar-refractivity contribution in [1.29, 1.82) is 0 Å². The average Bonchev–Trinajstić information content (AvgIpc) is 2.56. The van der Waals surface area contributed by atoms with Gasteiger partial charge >= 0.3 is 0 Å². The van der Waals surface area contributed by atoms with Crippen LogP contribution in [0.15, 0.2) is 53.4 Å². The van der Waals surface area contributed by atoms with E-state index in [1.54, 1.807) is 24.3 Å². The Morgan fingerprint density at radius 1 is 1.08 bits per heavy atom. The fourth-order valence-electron chi connectivity index (χ4n) is 2.79. The van der Waals surface area contributed by atoms with E-state index in [4.69, 9.17) is 16.7 Å². The van der Waals surface area contributed by atoms with Gasteiger partial charge in [-0.05, 0) is 47.7 Å². The molecule has 2 rings (SSSR count). The van der Waals surface area contributed by atoms with Gasteiger partial charge in [-0.1, -0.05) is 49.7 Å². The third-order valence-electron chi connectivity index (χ3n) is 4.14. The first-order valence-electron chi connectivity index (χ1n) is 8.33. The highest BCUT2D eigenvalue weighted by molar-refractivity contribution is 7.89. The number of rotatable bonds is 7. The van der Waals surface area contributed by atoms with Gasteiger partial charge in [0.15, 0.2) is 0 Å². The maximum absolute atomic E-state index is 12.6. The number of amides is 1. The second kappa shape index (κ2) is 8.66. The molecule has 1 atom stereocenters. The number of benzene rings is 2. The van der Waals surface area contributed by atoms with Crippen molar-refractivity contribution in [3.63, 3.8) is 0 Å². The molecule has 0 spiro atoms. The van der Waals surface area contributed by atoms with E-state index in [1.165, 1.54) is 12.1 Å². The van der Waals surface area contributed by atoms with E-state index in [2.05, 4.69) is 5.32 Å². The Hall–Kier alpha value is -1.89. The Bertz CT molecular complexity index is 847. The Kier molecular flexibility index (Phi) is 6.81. The van der Waals surface area contributed by atoms with Crippen molar-refractivity contribution in [2.45, 2.75) is 31.1 Å². The molecule has 0 saturated carbocycles. The smallest absolute Gasteiger partial charge is 0.238 e. The van der Waals surface area contributed by atoms with Crippen LogP contribution in [0.3, 0.4) is 0 Å². The van der Waals surface area contributed by atoms with Gasteiger partial charge in [-0.25, -0.2) is 13.6 Å². The molecule has 2 aromatic rings. The molecule has 140 valence electrons. The lowest BCUT2D eigenvalue weighted by Gasteiger charge is -2.21. The number of hydrogen-bond acceptors (Lipinski definition) is 3. The normalized spacial score (nSPS) is 12.8. The molecule has 7 heteroatoms. The van der Waals surface area contributed by atoms with E-state index in [9.17, 15) is 13.2 Å². The quantitative estimate of drug-likeness (QED) is 0.756. The summed E-state index contributed by atoms with van der Waals surface area (Å²) in [5, 5.41) is 8.67. The molecular weight excluding hydrogens is 372 g/mol. The van der Waals surface area contributed by atoms with Crippen LogP contribution in [0.5, 0.6) is 0 Å². The van der Waals surface area contributed by atoms with Crippen molar-refractivity contribution in [3.05, 3.63) is 64.7 Å². The molecule has 26 heavy (non-hydrogen) atoms. The Labute approximate surface area is 159 Å². The zero-order chi connectivity index (χ0) is 19.3. The molecule has 0 aliphatic heterocycles. The van der Waals surface area contributed by atoms with Gasteiger partial charge in [0.05, 0.1) is 10.8 Å². The fraction of sp³-hybridized carbons (Fsp3) is 0.316. The summed E-state index contributed by atoms with van der Waals surface area (Å²) in [4.78, 5) is 12.7. The minimum absolute atomic E-state index is 0.0384. The molecule has 0 radical (unpaired) electrons. The van der Waals surface area contributed by atoms with E-state index in [1.807, 2.05) is 26.0 Å². The van der Waals surface area contributed by atoms with Crippen molar-refractivity contribution in [3.8, 4) is 0 Å². The van der Waals surface area contributed by atoms with Crippen LogP contribution >= 0.6 is 11.6 Å². The summed E-state index contributed by atoms with van der Waals surface area (Å²) in [6, 6.07) is 13.7. The Balaban J connectivity index is 1.97. The number of sulfonamides is 1. The van der Waals surface area contributed by atoms with Gasteiger partial charge < -0.3 is 5.32 Å². The fourth-order valence-corrected chi connectivity index (χ4v) is 3.44. The van der Waals surface area contributed by atoms with Crippen LogP contribution in [0.2, 0.25) is 5.02 Å². The maximum Gasteiger partial charge on any atom is 0.238 e. The van der Waals surface area contributed by atoms with Gasteiger partial charge in [-0.3, -0.25) is 4.79 Å². The maximum atomic E-state index is 12.6. The first kappa shape index (κ1) is 20.4. The van der Waals surface area contributed by atoms with E-state index in [-0.39, 0.29) is 22.6 Å². The van der Waals surface area contributed by atoms with Crippen molar-refractivity contribution < 1.29 is 13.2 Å². The molecule has 0 aliphatic rings. The first-order chi connectivity index (χ1) is 12.2. The molecule has 2 aromatic carbocycles. The number of hydrogen-bond donors (Lipinski definition) is 2. The largest absolute Gasteiger partial charge is 0.355 e. The summed E-state index contributed by atoms with van der Waals surface area (Å²) in [7, 11) is -3.69. The van der Waals surface area contributed by atoms with Gasteiger partial charge in [-0.2, -0.15) is 0 Å². The van der Waals surface area contributed by atoms with Crippen LogP contribution in [0, 0.1) is 5.92 Å². The molecule has 1 amide bonds. The van der Waals surface area contributed by atoms with Gasteiger partial charge in [-0.15, -0.1) is 0 Å². The monoisotopic (exact) mass is 394 g/mol. The zero-order valence-corrected chi connectivity index (χ0v) is 16.3. The summed E-state index contributed by atoms with van der Waals surface area (Å²) >= 11 is 5.92. The molecular formula is C19H23ClN2O3S. The van der Waals surface area contributed by atoms with E-state index in [0.29, 0.717) is 18.0 Å². The molecule has 0 heterocycles. The topological polar surface area (TPSA) is 89.3 Å². The molecule has 0 bridgehead atoms. The minimum Gasteiger partial charge on any atom is -0.355 e. The molecule has 5 nitrogen and oxygen atoms in total. The second-order valence-corrected chi connectivity index (χ2v) is 8.50. The zero-order valence-electron chi connectivity index (χ0n) is 14.8. The van der Waals surface area contributed by atoms with Crippen LogP contribution in [0.4, 0.5) is 0 Å². The lowest BCUT2D eigenvalue weighted by Crippen LogP contribution is -2.33. The summed E-state index contributed by atoms with van der Waals surface area (Å²) in [5.41, 5.74) is 1.85. The van der Waals surface area contributed by atoms with Crippen LogP contribution in [0.1, 0.15) is 30.9 Å². The number of carbonyl (C=O) groups excluding carboxylic acids is 1. The molecule has 0 fully saturated rings. The summed E-state index contributed by atoms with van der Waals surface area (Å²) < 4.78 is 22.5. The highest BCUT2D eigenvalue weighted by Gasteiger charge is 2.23. The van der Waals surface area contributed by atoms with Gasteiger partial charge in [0.1, 0.15) is 0 Å². The van der Waals surface area contributed by atoms with E-state index >= 15 is 0 Å². The third kappa shape index (κ3) is 5.56. The second-order valence-electron chi connectivity index (χ2n) is 6.50. The van der Waals surface area contributed by atoms with E-state index in [0.717, 1.165) is 11.1 Å². The summed E-state index contributed by atoms with van der Waals surface area (Å²) in [6.07, 6.45) is 0.599. The predicted octanol–water partition coefficient (Wildman–Crippen LogP) is 3.09. The van der Waals surface area contributed by atoms with Gasteiger partial charge in [0.2, 0.25) is 15.9 Å². The molecule has 0 aromatic heterocycles. The minimum atomic E-state index is -3.69. The standard InChI is InChI=1S/C19H23ClN2O3S/c1-13(2)18(15-5-7-16(20)8-6-15)19(23)22-12-11-14-3-9-17(10-4-14)26(21,24)25/h3-10,13,18H,11-12H2,1-2H3,(H,22,23)(H2,21,24,25)/t18-/m0/s1. The predicted molar refractivity (Wildman–Crippen MR) is 104 cm³/mol. The lowest BCUT2D eigenvalue weighted by molar-refractivity contribution is -0.123. The third-order valence-corrected chi connectivity index (χ3v) is 5.32. The van der Waals surface area contributed by atoms with Crippen LogP contribution in [0.25, 0.3) is 0 Å². The lowest BCUT2D eigenvalue weighted by atomic mass is 9.87. The summed E-state index contributed by atoms with van der Waals surface area (Å²) in [6.45, 7) is 4.47. The van der Waals surface area contributed by atoms with E-state index < -0.39 is 10.0 Å². The Morgan fingerprint density at radius 2 is 1.65 bits per heavy atom. The highest BCUT2D eigenvalue weighted by Crippen LogP contribution is 2.26. The van der Waals surface area contributed by atoms with Crippen molar-refractivity contribution in [1.82, 2.24) is 5.32 Å². The highest BCUT2D eigenvalue weighted by atomic mass is 35.5. The SMILES string of the molecule is CC(C)[C@H](C(=O)NCCc1ccc(S(N)(=O)=O)cc1)c1ccc(Cl)cc1. The molecule has 0 aliphatic carbocycles. The van der Waals surface area contributed by atoms with Crippen molar-refractivity contribution >= 4 is 27.5 Å².